The molecule has 0 aliphatic carbocycles. The number of likely N-dealkylation sites (tertiary alicyclic amines) is 1. The molecule has 0 N–H and O–H groups in total. The molecule has 3 heterocycles. The van der Waals surface area contributed by atoms with Gasteiger partial charge in [0, 0.05) is 6.54 Å². The number of hydrogen-bond acceptors (Lipinski definition) is 3. The molecule has 2 aliphatic heterocycles. The van der Waals surface area contributed by atoms with E-state index in [4.69, 9.17) is 4.98 Å². The molecule has 1 unspecified atom stereocenters. The number of para-hydroxylation sites is 1. The Balaban J connectivity index is 1.33. The molecule has 1 saturated heterocycles. The average Bonchev–Trinajstić information content (AvgIpc) is 3.14. The summed E-state index contributed by atoms with van der Waals surface area (Å²) in [5.74, 6) is 1.73. The fourth-order valence-electron chi connectivity index (χ4n) is 4.80. The molecular weight excluding hydrogens is 334 g/mol. The lowest BCUT2D eigenvalue weighted by Crippen LogP contribution is -2.37. The van der Waals surface area contributed by atoms with Gasteiger partial charge in [0.1, 0.15) is 5.82 Å². The van der Waals surface area contributed by atoms with Gasteiger partial charge in [0.05, 0.1) is 16.9 Å². The van der Waals surface area contributed by atoms with Gasteiger partial charge >= 0.3 is 0 Å². The van der Waals surface area contributed by atoms with Crippen molar-refractivity contribution >= 4 is 10.9 Å². The van der Waals surface area contributed by atoms with Crippen LogP contribution in [0.15, 0.2) is 59.4 Å². The Labute approximate surface area is 159 Å². The molecule has 4 heteroatoms. The van der Waals surface area contributed by atoms with E-state index in [1.165, 1.54) is 24.8 Å². The maximum absolute atomic E-state index is 12.8. The van der Waals surface area contributed by atoms with Gasteiger partial charge in [-0.25, -0.2) is 4.98 Å². The van der Waals surface area contributed by atoms with Crippen molar-refractivity contribution in [2.45, 2.75) is 38.3 Å². The second kappa shape index (κ2) is 6.93. The highest BCUT2D eigenvalue weighted by molar-refractivity contribution is 5.77. The molecule has 1 aromatic heterocycles. The van der Waals surface area contributed by atoms with Gasteiger partial charge in [0.15, 0.2) is 0 Å². The molecule has 138 valence electrons. The molecule has 0 bridgehead atoms. The van der Waals surface area contributed by atoms with Crippen molar-refractivity contribution in [2.24, 2.45) is 5.92 Å². The Morgan fingerprint density at radius 1 is 0.889 bits per heavy atom. The summed E-state index contributed by atoms with van der Waals surface area (Å²) < 4.78 is 1.91. The van der Waals surface area contributed by atoms with E-state index in [0.29, 0.717) is 6.04 Å². The lowest BCUT2D eigenvalue weighted by Gasteiger charge is -2.35. The molecule has 0 amide bonds. The molecular formula is C23H25N3O. The van der Waals surface area contributed by atoms with Crippen molar-refractivity contribution in [2.75, 3.05) is 13.1 Å². The largest absolute Gasteiger partial charge is 0.295 e. The number of nitrogens with zero attached hydrogens (tertiary/aromatic N) is 3. The zero-order valence-electron chi connectivity index (χ0n) is 15.6. The standard InChI is InChI=1S/C23H25N3O/c27-23-19-8-4-5-9-20(19)24-22-21(12-15-26(22)23)25-13-10-18(11-14-25)16-17-6-2-1-3-7-17/h1-9,18,21H,10-16H2. The summed E-state index contributed by atoms with van der Waals surface area (Å²) in [5, 5.41) is 0.739. The van der Waals surface area contributed by atoms with Gasteiger partial charge in [-0.2, -0.15) is 0 Å². The van der Waals surface area contributed by atoms with Crippen molar-refractivity contribution in [3.63, 3.8) is 0 Å². The lowest BCUT2D eigenvalue weighted by molar-refractivity contribution is 0.130. The van der Waals surface area contributed by atoms with E-state index in [-0.39, 0.29) is 5.56 Å². The summed E-state index contributed by atoms with van der Waals surface area (Å²) in [7, 11) is 0. The summed E-state index contributed by atoms with van der Waals surface area (Å²) in [6.07, 6.45) is 4.63. The van der Waals surface area contributed by atoms with Crippen molar-refractivity contribution in [1.82, 2.24) is 14.5 Å². The van der Waals surface area contributed by atoms with Crippen LogP contribution in [0.3, 0.4) is 0 Å². The first-order valence-corrected chi connectivity index (χ1v) is 10.1. The monoisotopic (exact) mass is 359 g/mol. The fraction of sp³-hybridized carbons (Fsp3) is 0.391. The molecule has 2 aliphatic rings. The molecule has 3 aromatic rings. The van der Waals surface area contributed by atoms with Gasteiger partial charge in [0.25, 0.3) is 5.56 Å². The van der Waals surface area contributed by atoms with Gasteiger partial charge in [-0.15, -0.1) is 0 Å². The van der Waals surface area contributed by atoms with Gasteiger partial charge in [0.2, 0.25) is 0 Å². The van der Waals surface area contributed by atoms with Crippen LogP contribution in [0.1, 0.15) is 36.7 Å². The first-order valence-electron chi connectivity index (χ1n) is 10.1. The third-order valence-electron chi connectivity index (χ3n) is 6.27. The number of aromatic nitrogens is 2. The molecule has 2 aromatic carbocycles. The van der Waals surface area contributed by atoms with Crippen LogP contribution < -0.4 is 5.56 Å². The van der Waals surface area contributed by atoms with E-state index < -0.39 is 0 Å². The van der Waals surface area contributed by atoms with Gasteiger partial charge in [-0.3, -0.25) is 14.3 Å². The summed E-state index contributed by atoms with van der Waals surface area (Å²) in [6.45, 7) is 3.00. The van der Waals surface area contributed by atoms with Crippen LogP contribution >= 0.6 is 0 Å². The molecule has 0 radical (unpaired) electrons. The molecule has 1 atom stereocenters. The van der Waals surface area contributed by atoms with Crippen molar-refractivity contribution in [3.05, 3.63) is 76.3 Å². The number of hydrogen-bond donors (Lipinski definition) is 0. The molecule has 1 fully saturated rings. The number of fused-ring (bicyclic) bond motifs is 2. The average molecular weight is 359 g/mol. The smallest absolute Gasteiger partial charge is 0.261 e. The van der Waals surface area contributed by atoms with E-state index >= 15 is 0 Å². The predicted molar refractivity (Wildman–Crippen MR) is 108 cm³/mol. The second-order valence-electron chi connectivity index (χ2n) is 7.92. The van der Waals surface area contributed by atoms with Gasteiger partial charge < -0.3 is 0 Å². The SMILES string of the molecule is O=c1c2ccccc2nc2n1CCC2N1CCC(Cc2ccccc2)CC1. The zero-order chi connectivity index (χ0) is 18.2. The lowest BCUT2D eigenvalue weighted by atomic mass is 9.89. The Morgan fingerprint density at radius 3 is 2.44 bits per heavy atom. The Morgan fingerprint density at radius 2 is 1.63 bits per heavy atom. The highest BCUT2D eigenvalue weighted by atomic mass is 16.1. The number of piperidine rings is 1. The van der Waals surface area contributed by atoms with Crippen LogP contribution in [0.4, 0.5) is 0 Å². The zero-order valence-corrected chi connectivity index (χ0v) is 15.6. The quantitative estimate of drug-likeness (QED) is 0.714. The van der Waals surface area contributed by atoms with Crippen molar-refractivity contribution < 1.29 is 0 Å². The van der Waals surface area contributed by atoms with Crippen molar-refractivity contribution in [3.8, 4) is 0 Å². The van der Waals surface area contributed by atoms with Crippen LogP contribution in [0.5, 0.6) is 0 Å². The minimum absolute atomic E-state index is 0.122. The predicted octanol–water partition coefficient (Wildman–Crippen LogP) is 3.80. The third kappa shape index (κ3) is 3.08. The van der Waals surface area contributed by atoms with E-state index in [1.54, 1.807) is 0 Å². The molecule has 0 saturated carbocycles. The van der Waals surface area contributed by atoms with E-state index in [9.17, 15) is 4.79 Å². The van der Waals surface area contributed by atoms with Crippen LogP contribution in [-0.4, -0.2) is 27.5 Å². The van der Waals surface area contributed by atoms with Crippen LogP contribution in [0, 0.1) is 5.92 Å². The normalized spacial score (nSPS) is 20.8. The van der Waals surface area contributed by atoms with Crippen molar-refractivity contribution in [1.29, 1.82) is 0 Å². The van der Waals surface area contributed by atoms with E-state index in [1.807, 2.05) is 28.8 Å². The van der Waals surface area contributed by atoms with Gasteiger partial charge in [-0.1, -0.05) is 42.5 Å². The Hall–Kier alpha value is -2.46. The number of benzene rings is 2. The molecule has 5 rings (SSSR count). The first kappa shape index (κ1) is 16.7. The highest BCUT2D eigenvalue weighted by Gasteiger charge is 2.33. The summed E-state index contributed by atoms with van der Waals surface area (Å²) in [5.41, 5.74) is 2.40. The van der Waals surface area contributed by atoms with Crippen LogP contribution in [0.25, 0.3) is 10.9 Å². The first-order chi connectivity index (χ1) is 13.3. The Bertz CT molecular complexity index is 1000. The summed E-state index contributed by atoms with van der Waals surface area (Å²) in [6, 6.07) is 18.8. The Kier molecular flexibility index (Phi) is 4.29. The molecule has 27 heavy (non-hydrogen) atoms. The topological polar surface area (TPSA) is 38.1 Å². The van der Waals surface area contributed by atoms with E-state index in [0.717, 1.165) is 48.7 Å². The minimum Gasteiger partial charge on any atom is -0.295 e. The van der Waals surface area contributed by atoms with Gasteiger partial charge in [-0.05, 0) is 62.4 Å². The maximum Gasteiger partial charge on any atom is 0.261 e. The molecule has 4 nitrogen and oxygen atoms in total. The maximum atomic E-state index is 12.8. The van der Waals surface area contributed by atoms with Crippen LogP contribution in [0.2, 0.25) is 0 Å². The van der Waals surface area contributed by atoms with E-state index in [2.05, 4.69) is 35.2 Å². The minimum atomic E-state index is 0.122. The number of rotatable bonds is 3. The van der Waals surface area contributed by atoms with Crippen LogP contribution in [-0.2, 0) is 13.0 Å². The summed E-state index contributed by atoms with van der Waals surface area (Å²) in [4.78, 5) is 20.2. The second-order valence-corrected chi connectivity index (χ2v) is 7.92. The fourth-order valence-corrected chi connectivity index (χ4v) is 4.80. The molecule has 0 spiro atoms. The third-order valence-corrected chi connectivity index (χ3v) is 6.27. The summed E-state index contributed by atoms with van der Waals surface area (Å²) >= 11 is 0. The highest BCUT2D eigenvalue weighted by Crippen LogP contribution is 2.33.